The second-order valence-corrected chi connectivity index (χ2v) is 4.92. The zero-order chi connectivity index (χ0) is 13.1. The van der Waals surface area contributed by atoms with E-state index in [9.17, 15) is 0 Å². The number of benzene rings is 2. The third-order valence-electron chi connectivity index (χ3n) is 3.79. The standard InChI is InChI=1S/C17H19NO/c1-19-11-10-18-12-17-15-8-4-2-6-13(15)14-7-3-5-9-16(14)17/h2-9,17-18H,10-12H2,1H3. The average molecular weight is 253 g/mol. The molecule has 1 aliphatic carbocycles. The lowest BCUT2D eigenvalue weighted by Gasteiger charge is -2.14. The van der Waals surface area contributed by atoms with Crippen LogP contribution >= 0.6 is 0 Å². The predicted octanol–water partition coefficient (Wildman–Crippen LogP) is 3.03. The van der Waals surface area contributed by atoms with Crippen LogP contribution in [0.4, 0.5) is 0 Å². The fourth-order valence-electron chi connectivity index (χ4n) is 2.90. The van der Waals surface area contributed by atoms with E-state index in [0.717, 1.165) is 19.7 Å². The second-order valence-electron chi connectivity index (χ2n) is 4.92. The Labute approximate surface area is 114 Å². The van der Waals surface area contributed by atoms with Gasteiger partial charge in [-0.05, 0) is 22.3 Å². The molecule has 0 saturated heterocycles. The number of ether oxygens (including phenoxy) is 1. The summed E-state index contributed by atoms with van der Waals surface area (Å²) in [5, 5.41) is 3.49. The van der Waals surface area contributed by atoms with Crippen LogP contribution in [0.25, 0.3) is 11.1 Å². The van der Waals surface area contributed by atoms with Crippen LogP contribution in [0, 0.1) is 0 Å². The minimum atomic E-state index is 0.462. The normalized spacial score (nSPS) is 13.3. The lowest BCUT2D eigenvalue weighted by molar-refractivity contribution is 0.199. The Kier molecular flexibility index (Phi) is 3.62. The molecule has 98 valence electrons. The number of methoxy groups -OCH3 is 1. The van der Waals surface area contributed by atoms with Crippen molar-refractivity contribution in [3.8, 4) is 11.1 Å². The van der Waals surface area contributed by atoms with E-state index in [4.69, 9.17) is 4.74 Å². The van der Waals surface area contributed by atoms with Crippen LogP contribution in [-0.4, -0.2) is 26.8 Å². The molecule has 19 heavy (non-hydrogen) atoms. The highest BCUT2D eigenvalue weighted by Crippen LogP contribution is 2.43. The van der Waals surface area contributed by atoms with Gasteiger partial charge < -0.3 is 10.1 Å². The van der Waals surface area contributed by atoms with Crippen molar-refractivity contribution in [3.63, 3.8) is 0 Å². The van der Waals surface area contributed by atoms with E-state index >= 15 is 0 Å². The van der Waals surface area contributed by atoms with Crippen molar-refractivity contribution >= 4 is 0 Å². The van der Waals surface area contributed by atoms with Gasteiger partial charge in [0.15, 0.2) is 0 Å². The summed E-state index contributed by atoms with van der Waals surface area (Å²) in [4.78, 5) is 0. The molecule has 0 aromatic heterocycles. The molecule has 0 bridgehead atoms. The summed E-state index contributed by atoms with van der Waals surface area (Å²) in [7, 11) is 1.74. The van der Waals surface area contributed by atoms with Gasteiger partial charge >= 0.3 is 0 Å². The zero-order valence-electron chi connectivity index (χ0n) is 11.2. The van der Waals surface area contributed by atoms with Gasteiger partial charge in [0.1, 0.15) is 0 Å². The van der Waals surface area contributed by atoms with Gasteiger partial charge in [0.2, 0.25) is 0 Å². The molecule has 2 nitrogen and oxygen atoms in total. The first-order chi connectivity index (χ1) is 9.42. The first kappa shape index (κ1) is 12.4. The number of rotatable bonds is 5. The van der Waals surface area contributed by atoms with Crippen LogP contribution in [0.1, 0.15) is 17.0 Å². The van der Waals surface area contributed by atoms with Gasteiger partial charge in [0.25, 0.3) is 0 Å². The van der Waals surface area contributed by atoms with Crippen molar-refractivity contribution in [3.05, 3.63) is 59.7 Å². The van der Waals surface area contributed by atoms with Crippen LogP contribution in [0.15, 0.2) is 48.5 Å². The van der Waals surface area contributed by atoms with Gasteiger partial charge in [0, 0.05) is 26.1 Å². The summed E-state index contributed by atoms with van der Waals surface area (Å²) in [6.45, 7) is 2.63. The molecule has 0 heterocycles. The molecule has 0 unspecified atom stereocenters. The summed E-state index contributed by atoms with van der Waals surface area (Å²) in [6, 6.07) is 17.5. The lowest BCUT2D eigenvalue weighted by atomic mass is 9.97. The number of fused-ring (bicyclic) bond motifs is 3. The summed E-state index contributed by atoms with van der Waals surface area (Å²) < 4.78 is 5.08. The minimum Gasteiger partial charge on any atom is -0.383 e. The highest BCUT2D eigenvalue weighted by Gasteiger charge is 2.27. The van der Waals surface area contributed by atoms with Crippen LogP contribution in [0.2, 0.25) is 0 Å². The van der Waals surface area contributed by atoms with Crippen molar-refractivity contribution in [2.45, 2.75) is 5.92 Å². The molecule has 0 atom stereocenters. The van der Waals surface area contributed by atoms with E-state index in [-0.39, 0.29) is 0 Å². The SMILES string of the molecule is COCCNCC1c2ccccc2-c2ccccc21. The maximum Gasteiger partial charge on any atom is 0.0587 e. The Morgan fingerprint density at radius 1 is 0.947 bits per heavy atom. The smallest absolute Gasteiger partial charge is 0.0587 e. The number of nitrogens with one attached hydrogen (secondary N) is 1. The van der Waals surface area contributed by atoms with E-state index in [1.54, 1.807) is 7.11 Å². The largest absolute Gasteiger partial charge is 0.383 e. The molecule has 2 heteroatoms. The third-order valence-corrected chi connectivity index (χ3v) is 3.79. The van der Waals surface area contributed by atoms with Crippen molar-refractivity contribution in [1.82, 2.24) is 5.32 Å². The Morgan fingerprint density at radius 3 is 2.11 bits per heavy atom. The van der Waals surface area contributed by atoms with E-state index in [2.05, 4.69) is 53.8 Å². The van der Waals surface area contributed by atoms with E-state index < -0.39 is 0 Å². The van der Waals surface area contributed by atoms with Gasteiger partial charge in [-0.1, -0.05) is 48.5 Å². The van der Waals surface area contributed by atoms with Crippen LogP contribution in [0.5, 0.6) is 0 Å². The molecule has 1 aliphatic rings. The Balaban J connectivity index is 1.87. The predicted molar refractivity (Wildman–Crippen MR) is 78.5 cm³/mol. The molecular formula is C17H19NO. The highest BCUT2D eigenvalue weighted by atomic mass is 16.5. The summed E-state index contributed by atoms with van der Waals surface area (Å²) in [5.41, 5.74) is 5.65. The molecular weight excluding hydrogens is 234 g/mol. The second kappa shape index (κ2) is 5.55. The maximum atomic E-state index is 5.08. The van der Waals surface area contributed by atoms with E-state index in [0.29, 0.717) is 5.92 Å². The molecule has 0 radical (unpaired) electrons. The Hall–Kier alpha value is -1.64. The van der Waals surface area contributed by atoms with Crippen molar-refractivity contribution in [2.24, 2.45) is 0 Å². The molecule has 1 N–H and O–H groups in total. The minimum absolute atomic E-state index is 0.462. The Morgan fingerprint density at radius 2 is 1.53 bits per heavy atom. The first-order valence-corrected chi connectivity index (χ1v) is 6.79. The highest BCUT2D eigenvalue weighted by molar-refractivity contribution is 5.78. The maximum absolute atomic E-state index is 5.08. The van der Waals surface area contributed by atoms with Crippen molar-refractivity contribution in [2.75, 3.05) is 26.8 Å². The summed E-state index contributed by atoms with van der Waals surface area (Å²) >= 11 is 0. The van der Waals surface area contributed by atoms with Gasteiger partial charge in [0.05, 0.1) is 6.61 Å². The van der Waals surface area contributed by atoms with Crippen molar-refractivity contribution in [1.29, 1.82) is 0 Å². The van der Waals surface area contributed by atoms with Gasteiger partial charge in [-0.15, -0.1) is 0 Å². The molecule has 2 aromatic rings. The Bertz CT molecular complexity index is 519. The molecule has 0 saturated carbocycles. The van der Waals surface area contributed by atoms with Crippen molar-refractivity contribution < 1.29 is 4.74 Å². The quantitative estimate of drug-likeness (QED) is 0.827. The summed E-state index contributed by atoms with van der Waals surface area (Å²) in [5.74, 6) is 0.462. The topological polar surface area (TPSA) is 21.3 Å². The molecule has 0 spiro atoms. The lowest BCUT2D eigenvalue weighted by Crippen LogP contribution is -2.24. The number of hydrogen-bond acceptors (Lipinski definition) is 2. The first-order valence-electron chi connectivity index (χ1n) is 6.79. The molecule has 0 aliphatic heterocycles. The molecule has 0 amide bonds. The summed E-state index contributed by atoms with van der Waals surface area (Å²) in [6.07, 6.45) is 0. The van der Waals surface area contributed by atoms with Gasteiger partial charge in [-0.2, -0.15) is 0 Å². The van der Waals surface area contributed by atoms with Crippen LogP contribution in [-0.2, 0) is 4.74 Å². The fraction of sp³-hybridized carbons (Fsp3) is 0.294. The van der Waals surface area contributed by atoms with Gasteiger partial charge in [-0.25, -0.2) is 0 Å². The van der Waals surface area contributed by atoms with Gasteiger partial charge in [-0.3, -0.25) is 0 Å². The zero-order valence-corrected chi connectivity index (χ0v) is 11.2. The molecule has 0 fully saturated rings. The average Bonchev–Trinajstić information content (AvgIpc) is 2.78. The monoisotopic (exact) mass is 253 g/mol. The fourth-order valence-corrected chi connectivity index (χ4v) is 2.90. The number of hydrogen-bond donors (Lipinski definition) is 1. The van der Waals surface area contributed by atoms with E-state index in [1.165, 1.54) is 22.3 Å². The third kappa shape index (κ3) is 2.29. The van der Waals surface area contributed by atoms with Crippen LogP contribution in [0.3, 0.4) is 0 Å². The molecule has 2 aromatic carbocycles. The van der Waals surface area contributed by atoms with E-state index in [1.807, 2.05) is 0 Å². The molecule has 3 rings (SSSR count). The van der Waals surface area contributed by atoms with Crippen LogP contribution < -0.4 is 5.32 Å².